The number of hydrogen-bond acceptors (Lipinski definition) is 3. The monoisotopic (exact) mass is 307 g/mol. The number of carbonyl (C=O) groups is 1. The minimum absolute atomic E-state index is 0.299. The molecule has 1 aliphatic heterocycles. The van der Waals surface area contributed by atoms with Gasteiger partial charge in [0.2, 0.25) is 0 Å². The molecular weight excluding hydrogens is 297 g/mol. The van der Waals surface area contributed by atoms with E-state index in [-0.39, 0.29) is 5.97 Å². The lowest BCUT2D eigenvalue weighted by molar-refractivity contribution is 0.0303. The van der Waals surface area contributed by atoms with Crippen molar-refractivity contribution >= 4 is 29.2 Å². The van der Waals surface area contributed by atoms with Crippen molar-refractivity contribution in [1.82, 2.24) is 5.32 Å². The minimum Gasteiger partial charge on any atom is -0.439 e. The zero-order valence-corrected chi connectivity index (χ0v) is 11.9. The van der Waals surface area contributed by atoms with Crippen LogP contribution in [0.3, 0.4) is 0 Å². The molecule has 1 aliphatic rings. The lowest BCUT2D eigenvalue weighted by atomic mass is 10.1. The summed E-state index contributed by atoms with van der Waals surface area (Å²) in [6.07, 6.45) is -0.423. The molecule has 3 rings (SSSR count). The Morgan fingerprint density at radius 2 is 1.90 bits per heavy atom. The van der Waals surface area contributed by atoms with Crippen molar-refractivity contribution in [2.24, 2.45) is 0 Å². The SMILES string of the molecule is O=C1OC(NCc2ccc(Cl)c(Cl)c2)c2ccccc21. The van der Waals surface area contributed by atoms with Gasteiger partial charge in [0.1, 0.15) is 0 Å². The molecule has 0 spiro atoms. The Bertz CT molecular complexity index is 673. The van der Waals surface area contributed by atoms with Gasteiger partial charge in [-0.1, -0.05) is 47.5 Å². The lowest BCUT2D eigenvalue weighted by Gasteiger charge is -2.13. The van der Waals surface area contributed by atoms with Crippen molar-refractivity contribution < 1.29 is 9.53 Å². The molecule has 0 aliphatic carbocycles. The molecule has 0 saturated heterocycles. The van der Waals surface area contributed by atoms with Crippen LogP contribution in [-0.4, -0.2) is 5.97 Å². The van der Waals surface area contributed by atoms with Crippen molar-refractivity contribution in [2.75, 3.05) is 0 Å². The molecular formula is C15H11Cl2NO2. The van der Waals surface area contributed by atoms with Gasteiger partial charge in [-0.15, -0.1) is 0 Å². The maximum Gasteiger partial charge on any atom is 0.340 e. The van der Waals surface area contributed by atoms with Gasteiger partial charge in [0.05, 0.1) is 15.6 Å². The van der Waals surface area contributed by atoms with E-state index < -0.39 is 6.23 Å². The van der Waals surface area contributed by atoms with Crippen LogP contribution < -0.4 is 5.32 Å². The van der Waals surface area contributed by atoms with E-state index >= 15 is 0 Å². The molecule has 2 aromatic carbocycles. The van der Waals surface area contributed by atoms with Gasteiger partial charge < -0.3 is 4.74 Å². The third kappa shape index (κ3) is 2.52. The van der Waals surface area contributed by atoms with Gasteiger partial charge in [-0.2, -0.15) is 0 Å². The van der Waals surface area contributed by atoms with Crippen LogP contribution in [0.1, 0.15) is 27.7 Å². The number of fused-ring (bicyclic) bond motifs is 1. The van der Waals surface area contributed by atoms with Gasteiger partial charge >= 0.3 is 5.97 Å². The first-order chi connectivity index (χ1) is 9.65. The number of carbonyl (C=O) groups excluding carboxylic acids is 1. The van der Waals surface area contributed by atoms with Crippen LogP contribution in [-0.2, 0) is 11.3 Å². The molecule has 1 unspecified atom stereocenters. The van der Waals surface area contributed by atoms with Crippen molar-refractivity contribution in [3.8, 4) is 0 Å². The van der Waals surface area contributed by atoms with Crippen molar-refractivity contribution in [3.63, 3.8) is 0 Å². The van der Waals surface area contributed by atoms with Crippen molar-refractivity contribution in [2.45, 2.75) is 12.8 Å². The Balaban J connectivity index is 1.74. The summed E-state index contributed by atoms with van der Waals surface area (Å²) in [5, 5.41) is 4.22. The molecule has 0 fully saturated rings. The van der Waals surface area contributed by atoms with E-state index in [1.54, 1.807) is 18.2 Å². The second kappa shape index (κ2) is 5.44. The summed E-state index contributed by atoms with van der Waals surface area (Å²) < 4.78 is 5.30. The molecule has 20 heavy (non-hydrogen) atoms. The smallest absolute Gasteiger partial charge is 0.340 e. The molecule has 102 valence electrons. The fourth-order valence-electron chi connectivity index (χ4n) is 2.16. The highest BCUT2D eigenvalue weighted by Crippen LogP contribution is 2.29. The Hall–Kier alpha value is -1.55. The first kappa shape index (κ1) is 13.4. The Labute approximate surface area is 126 Å². The third-order valence-electron chi connectivity index (χ3n) is 3.16. The van der Waals surface area contributed by atoms with Gasteiger partial charge in [-0.25, -0.2) is 4.79 Å². The van der Waals surface area contributed by atoms with E-state index in [0.717, 1.165) is 11.1 Å². The van der Waals surface area contributed by atoms with Crippen LogP contribution >= 0.6 is 23.2 Å². The highest BCUT2D eigenvalue weighted by atomic mass is 35.5. The summed E-state index contributed by atoms with van der Waals surface area (Å²) in [6.45, 7) is 0.531. The zero-order chi connectivity index (χ0) is 14.1. The Morgan fingerprint density at radius 3 is 2.70 bits per heavy atom. The van der Waals surface area contributed by atoms with E-state index in [4.69, 9.17) is 27.9 Å². The van der Waals surface area contributed by atoms with Gasteiger partial charge in [-0.05, 0) is 23.8 Å². The first-order valence-electron chi connectivity index (χ1n) is 6.12. The van der Waals surface area contributed by atoms with Gasteiger partial charge in [0.25, 0.3) is 0 Å². The Kier molecular flexibility index (Phi) is 3.66. The maximum atomic E-state index is 11.7. The molecule has 0 aromatic heterocycles. The number of benzene rings is 2. The first-order valence-corrected chi connectivity index (χ1v) is 6.88. The highest BCUT2D eigenvalue weighted by molar-refractivity contribution is 6.42. The molecule has 1 heterocycles. The van der Waals surface area contributed by atoms with Crippen LogP contribution in [0.4, 0.5) is 0 Å². The van der Waals surface area contributed by atoms with E-state index in [1.165, 1.54) is 0 Å². The average molecular weight is 308 g/mol. The van der Waals surface area contributed by atoms with Crippen LogP contribution in [0.5, 0.6) is 0 Å². The lowest BCUT2D eigenvalue weighted by Crippen LogP contribution is -2.20. The number of esters is 1. The number of nitrogens with one attached hydrogen (secondary N) is 1. The zero-order valence-electron chi connectivity index (χ0n) is 10.4. The summed E-state index contributed by atoms with van der Waals surface area (Å²) in [6, 6.07) is 12.8. The van der Waals surface area contributed by atoms with Gasteiger partial charge in [0, 0.05) is 12.1 Å². The van der Waals surface area contributed by atoms with Crippen molar-refractivity contribution in [1.29, 1.82) is 0 Å². The molecule has 0 radical (unpaired) electrons. The Morgan fingerprint density at radius 1 is 1.10 bits per heavy atom. The molecule has 1 N–H and O–H groups in total. The van der Waals surface area contributed by atoms with E-state index in [1.807, 2.05) is 24.3 Å². The molecule has 1 atom stereocenters. The van der Waals surface area contributed by atoms with E-state index in [2.05, 4.69) is 5.32 Å². The van der Waals surface area contributed by atoms with Crippen LogP contribution in [0.15, 0.2) is 42.5 Å². The third-order valence-corrected chi connectivity index (χ3v) is 3.90. The summed E-state index contributed by atoms with van der Waals surface area (Å²) in [5.41, 5.74) is 2.44. The van der Waals surface area contributed by atoms with Crippen LogP contribution in [0.2, 0.25) is 10.0 Å². The molecule has 0 amide bonds. The average Bonchev–Trinajstić information content (AvgIpc) is 2.78. The van der Waals surface area contributed by atoms with Gasteiger partial charge in [0.15, 0.2) is 6.23 Å². The second-order valence-corrected chi connectivity index (χ2v) is 5.32. The van der Waals surface area contributed by atoms with Crippen molar-refractivity contribution in [3.05, 3.63) is 69.2 Å². The number of halogens is 2. The second-order valence-electron chi connectivity index (χ2n) is 4.50. The number of ether oxygens (including phenoxy) is 1. The molecule has 2 aromatic rings. The van der Waals surface area contributed by atoms with E-state index in [9.17, 15) is 4.79 Å². The number of hydrogen-bond donors (Lipinski definition) is 1. The fraction of sp³-hybridized carbons (Fsp3) is 0.133. The summed E-state index contributed by atoms with van der Waals surface area (Å²) in [7, 11) is 0. The minimum atomic E-state index is -0.423. The largest absolute Gasteiger partial charge is 0.439 e. The van der Waals surface area contributed by atoms with Gasteiger partial charge in [-0.3, -0.25) is 5.32 Å². The summed E-state index contributed by atoms with van der Waals surface area (Å²) >= 11 is 11.8. The normalized spacial score (nSPS) is 16.9. The number of rotatable bonds is 3. The summed E-state index contributed by atoms with van der Waals surface area (Å²) in [4.78, 5) is 11.7. The molecule has 0 saturated carbocycles. The fourth-order valence-corrected chi connectivity index (χ4v) is 2.48. The predicted octanol–water partition coefficient (Wildman–Crippen LogP) is 3.95. The highest BCUT2D eigenvalue weighted by Gasteiger charge is 2.29. The maximum absolute atomic E-state index is 11.7. The van der Waals surface area contributed by atoms with Crippen LogP contribution in [0, 0.1) is 0 Å². The molecule has 5 heteroatoms. The predicted molar refractivity (Wildman–Crippen MR) is 77.9 cm³/mol. The number of cyclic esters (lactones) is 1. The standard InChI is InChI=1S/C15H11Cl2NO2/c16-12-6-5-9(7-13(12)17)8-18-14-10-3-1-2-4-11(10)15(19)20-14/h1-7,14,18H,8H2. The van der Waals surface area contributed by atoms with Crippen LogP contribution in [0.25, 0.3) is 0 Å². The summed E-state index contributed by atoms with van der Waals surface area (Å²) in [5.74, 6) is -0.299. The molecule has 0 bridgehead atoms. The molecule has 3 nitrogen and oxygen atoms in total. The topological polar surface area (TPSA) is 38.3 Å². The quantitative estimate of drug-likeness (QED) is 0.873. The van der Waals surface area contributed by atoms with E-state index in [0.29, 0.717) is 22.2 Å².